The van der Waals surface area contributed by atoms with E-state index in [-0.39, 0.29) is 28.4 Å². The average molecular weight is 345 g/mol. The van der Waals surface area contributed by atoms with E-state index in [2.05, 4.69) is 4.98 Å². The number of fused-ring (bicyclic) bond motifs is 2. The van der Waals surface area contributed by atoms with Crippen LogP contribution in [0, 0.1) is 5.82 Å². The molecular weight excluding hydrogens is 335 g/mol. The van der Waals surface area contributed by atoms with Crippen molar-refractivity contribution in [2.75, 3.05) is 0 Å². The summed E-state index contributed by atoms with van der Waals surface area (Å²) in [5.74, 6) is -1.66. The fourth-order valence-electron chi connectivity index (χ4n) is 2.89. The van der Waals surface area contributed by atoms with Crippen LogP contribution in [0.4, 0.5) is 4.39 Å². The number of halogens is 2. The summed E-state index contributed by atoms with van der Waals surface area (Å²) in [4.78, 5) is 29.0. The van der Waals surface area contributed by atoms with Gasteiger partial charge < -0.3 is 4.74 Å². The van der Waals surface area contributed by atoms with Crippen molar-refractivity contribution in [2.45, 2.75) is 12.3 Å². The Bertz CT molecular complexity index is 1050. The van der Waals surface area contributed by atoms with Crippen molar-refractivity contribution in [2.24, 2.45) is 0 Å². The van der Waals surface area contributed by atoms with Gasteiger partial charge in [0.15, 0.2) is 0 Å². The van der Waals surface area contributed by atoms with Gasteiger partial charge in [0.25, 0.3) is 5.56 Å². The SMILES string of the molecule is O=C1CC(c2ccc(F)c(Cl)c2)c2c(nc3ccccn3c2=O)O1. The average Bonchev–Trinajstić information content (AvgIpc) is 2.56. The molecule has 24 heavy (non-hydrogen) atoms. The lowest BCUT2D eigenvalue weighted by atomic mass is 9.88. The summed E-state index contributed by atoms with van der Waals surface area (Å²) in [5, 5.41) is -0.0677. The van der Waals surface area contributed by atoms with Crippen molar-refractivity contribution >= 4 is 23.2 Å². The van der Waals surface area contributed by atoms with E-state index in [0.717, 1.165) is 0 Å². The molecule has 1 atom stereocenters. The highest BCUT2D eigenvalue weighted by Gasteiger charge is 2.33. The summed E-state index contributed by atoms with van der Waals surface area (Å²) < 4.78 is 20.0. The lowest BCUT2D eigenvalue weighted by molar-refractivity contribution is -0.135. The quantitative estimate of drug-likeness (QED) is 0.637. The predicted molar refractivity (Wildman–Crippen MR) is 85.0 cm³/mol. The zero-order valence-electron chi connectivity index (χ0n) is 12.2. The highest BCUT2D eigenvalue weighted by atomic mass is 35.5. The number of aromatic nitrogens is 2. The lowest BCUT2D eigenvalue weighted by Crippen LogP contribution is -2.31. The van der Waals surface area contributed by atoms with E-state index in [9.17, 15) is 14.0 Å². The maximum atomic E-state index is 13.4. The van der Waals surface area contributed by atoms with E-state index >= 15 is 0 Å². The number of carbonyl (C=O) groups excluding carboxylic acids is 1. The van der Waals surface area contributed by atoms with Gasteiger partial charge in [-0.05, 0) is 29.8 Å². The van der Waals surface area contributed by atoms with Crippen molar-refractivity contribution in [3.05, 3.63) is 74.9 Å². The van der Waals surface area contributed by atoms with Crippen LogP contribution in [-0.2, 0) is 4.79 Å². The molecule has 1 aromatic carbocycles. The summed E-state index contributed by atoms with van der Waals surface area (Å²) in [6.07, 6.45) is 1.56. The molecule has 0 saturated heterocycles. The smallest absolute Gasteiger partial charge is 0.313 e. The first-order valence-electron chi connectivity index (χ1n) is 7.21. The third kappa shape index (κ3) is 2.27. The Morgan fingerprint density at radius 2 is 2.08 bits per heavy atom. The number of esters is 1. The molecule has 120 valence electrons. The standard InChI is InChI=1S/C17H10ClFN2O3/c18-11-7-9(4-5-12(11)19)10-8-14(22)24-16-15(10)17(23)21-6-2-1-3-13(21)20-16/h1-7,10H,8H2. The molecule has 1 unspecified atom stereocenters. The second kappa shape index (κ2) is 5.42. The predicted octanol–water partition coefficient (Wildman–Crippen LogP) is 2.93. The van der Waals surface area contributed by atoms with E-state index in [1.54, 1.807) is 24.4 Å². The van der Waals surface area contributed by atoms with Crippen molar-refractivity contribution in [3.63, 3.8) is 0 Å². The topological polar surface area (TPSA) is 60.7 Å². The largest absolute Gasteiger partial charge is 0.407 e. The first kappa shape index (κ1) is 14.8. The first-order chi connectivity index (χ1) is 11.5. The maximum Gasteiger partial charge on any atom is 0.313 e. The van der Waals surface area contributed by atoms with Crippen molar-refractivity contribution in [1.82, 2.24) is 9.38 Å². The summed E-state index contributed by atoms with van der Waals surface area (Å²) in [6, 6.07) is 9.23. The van der Waals surface area contributed by atoms with Crippen molar-refractivity contribution in [3.8, 4) is 5.88 Å². The Balaban J connectivity index is 1.99. The monoisotopic (exact) mass is 344 g/mol. The number of rotatable bonds is 1. The van der Waals surface area contributed by atoms with E-state index in [4.69, 9.17) is 16.3 Å². The van der Waals surface area contributed by atoms with Gasteiger partial charge in [0.1, 0.15) is 11.5 Å². The van der Waals surface area contributed by atoms with Gasteiger partial charge >= 0.3 is 5.97 Å². The molecule has 0 aliphatic carbocycles. The van der Waals surface area contributed by atoms with Gasteiger partial charge in [0.05, 0.1) is 17.0 Å². The molecule has 0 saturated carbocycles. The van der Waals surface area contributed by atoms with Gasteiger partial charge in [0.2, 0.25) is 5.88 Å². The molecule has 3 heterocycles. The lowest BCUT2D eigenvalue weighted by Gasteiger charge is -2.23. The zero-order valence-corrected chi connectivity index (χ0v) is 13.0. The molecule has 1 aliphatic rings. The van der Waals surface area contributed by atoms with Gasteiger partial charge in [-0.25, -0.2) is 4.39 Å². The van der Waals surface area contributed by atoms with Crippen molar-refractivity contribution < 1.29 is 13.9 Å². The highest BCUT2D eigenvalue weighted by Crippen LogP contribution is 2.36. The van der Waals surface area contributed by atoms with Gasteiger partial charge in [-0.3, -0.25) is 14.0 Å². The molecule has 0 spiro atoms. The van der Waals surface area contributed by atoms with E-state index in [1.165, 1.54) is 22.6 Å². The van der Waals surface area contributed by atoms with Crippen LogP contribution in [0.5, 0.6) is 5.88 Å². The Kier molecular flexibility index (Phi) is 3.35. The Hall–Kier alpha value is -2.73. The molecule has 0 radical (unpaired) electrons. The molecule has 3 aromatic rings. The van der Waals surface area contributed by atoms with Gasteiger partial charge in [-0.15, -0.1) is 0 Å². The zero-order chi connectivity index (χ0) is 16.8. The first-order valence-corrected chi connectivity index (χ1v) is 7.59. The summed E-state index contributed by atoms with van der Waals surface area (Å²) in [5.41, 5.74) is 0.885. The molecule has 7 heteroatoms. The molecule has 2 aromatic heterocycles. The van der Waals surface area contributed by atoms with Crippen LogP contribution in [0.2, 0.25) is 5.02 Å². The Morgan fingerprint density at radius 3 is 2.88 bits per heavy atom. The number of nitrogens with zero attached hydrogens (tertiary/aromatic N) is 2. The molecule has 5 nitrogen and oxygen atoms in total. The van der Waals surface area contributed by atoms with E-state index in [1.807, 2.05) is 0 Å². The maximum absolute atomic E-state index is 13.4. The van der Waals surface area contributed by atoms with Crippen LogP contribution >= 0.6 is 11.6 Å². The van der Waals surface area contributed by atoms with Crippen LogP contribution in [0.3, 0.4) is 0 Å². The molecule has 1 aliphatic heterocycles. The molecule has 0 N–H and O–H groups in total. The molecule has 0 fully saturated rings. The second-order valence-electron chi connectivity index (χ2n) is 5.47. The van der Waals surface area contributed by atoms with Gasteiger partial charge in [0, 0.05) is 12.1 Å². The van der Waals surface area contributed by atoms with Gasteiger partial charge in [-0.1, -0.05) is 23.7 Å². The number of benzene rings is 1. The minimum absolute atomic E-state index is 0.00658. The van der Waals surface area contributed by atoms with Crippen LogP contribution in [0.1, 0.15) is 23.5 Å². The second-order valence-corrected chi connectivity index (χ2v) is 5.88. The number of hydrogen-bond acceptors (Lipinski definition) is 4. The normalized spacial score (nSPS) is 16.8. The highest BCUT2D eigenvalue weighted by molar-refractivity contribution is 6.30. The van der Waals surface area contributed by atoms with Crippen LogP contribution in [0.25, 0.3) is 5.65 Å². The van der Waals surface area contributed by atoms with Crippen LogP contribution in [0.15, 0.2) is 47.4 Å². The summed E-state index contributed by atoms with van der Waals surface area (Å²) in [7, 11) is 0. The number of pyridine rings is 1. The molecule has 0 amide bonds. The molecule has 4 rings (SSSR count). The van der Waals surface area contributed by atoms with Gasteiger partial charge in [-0.2, -0.15) is 4.98 Å². The fraction of sp³-hybridized carbons (Fsp3) is 0.118. The summed E-state index contributed by atoms with van der Waals surface area (Å²) >= 11 is 5.84. The minimum atomic E-state index is -0.587. The fourth-order valence-corrected chi connectivity index (χ4v) is 3.08. The number of ether oxygens (including phenoxy) is 1. The minimum Gasteiger partial charge on any atom is -0.407 e. The Morgan fingerprint density at radius 1 is 1.25 bits per heavy atom. The third-order valence-electron chi connectivity index (χ3n) is 4.01. The third-order valence-corrected chi connectivity index (χ3v) is 4.30. The molecule has 0 bridgehead atoms. The Labute approximate surface area is 140 Å². The van der Waals surface area contributed by atoms with E-state index < -0.39 is 17.7 Å². The van der Waals surface area contributed by atoms with Crippen LogP contribution < -0.4 is 10.3 Å². The molecular formula is C17H10ClFN2O3. The number of hydrogen-bond donors (Lipinski definition) is 0. The number of carbonyl (C=O) groups is 1. The summed E-state index contributed by atoms with van der Waals surface area (Å²) in [6.45, 7) is 0. The van der Waals surface area contributed by atoms with Crippen LogP contribution in [-0.4, -0.2) is 15.4 Å². The van der Waals surface area contributed by atoms with Crippen molar-refractivity contribution in [1.29, 1.82) is 0 Å². The van der Waals surface area contributed by atoms with E-state index in [0.29, 0.717) is 11.2 Å².